The molecule has 172 valence electrons. The number of rotatable bonds is 7. The number of nitrogens with one attached hydrogen (secondary N) is 1. The zero-order valence-electron chi connectivity index (χ0n) is 18.4. The Bertz CT molecular complexity index is 1080. The summed E-state index contributed by atoms with van der Waals surface area (Å²) in [5.41, 5.74) is 2.62. The maximum absolute atomic E-state index is 13.3. The molecule has 7 nitrogen and oxygen atoms in total. The molecule has 0 aliphatic carbocycles. The third-order valence-electron chi connectivity index (χ3n) is 5.78. The molecule has 0 spiro atoms. The number of hydrogen-bond acceptors (Lipinski definition) is 4. The number of likely N-dealkylation sites (tertiary alicyclic amines) is 1. The molecule has 2 aromatic rings. The summed E-state index contributed by atoms with van der Waals surface area (Å²) in [5.74, 6) is 0.0187. The first-order valence-corrected chi connectivity index (χ1v) is 11.8. The van der Waals surface area contributed by atoms with Crippen molar-refractivity contribution < 1.29 is 19.1 Å². The van der Waals surface area contributed by atoms with Gasteiger partial charge in [0.15, 0.2) is 6.61 Å². The van der Waals surface area contributed by atoms with Crippen LogP contribution >= 0.6 is 15.9 Å². The van der Waals surface area contributed by atoms with Gasteiger partial charge < -0.3 is 19.9 Å². The van der Waals surface area contributed by atoms with Crippen molar-refractivity contribution in [2.45, 2.75) is 19.4 Å². The summed E-state index contributed by atoms with van der Waals surface area (Å²) in [6.07, 6.45) is 2.52. The zero-order valence-corrected chi connectivity index (χ0v) is 20.0. The van der Waals surface area contributed by atoms with Crippen LogP contribution in [-0.4, -0.2) is 66.3 Å². The molecule has 1 fully saturated rings. The second-order valence-corrected chi connectivity index (χ2v) is 9.04. The van der Waals surface area contributed by atoms with Crippen molar-refractivity contribution >= 4 is 39.2 Å². The number of amides is 3. The summed E-state index contributed by atoms with van der Waals surface area (Å²) in [6.45, 7) is 3.69. The van der Waals surface area contributed by atoms with Gasteiger partial charge in [-0.3, -0.25) is 14.4 Å². The van der Waals surface area contributed by atoms with Crippen molar-refractivity contribution in [2.24, 2.45) is 0 Å². The van der Waals surface area contributed by atoms with Gasteiger partial charge in [-0.05, 0) is 29.3 Å². The number of ether oxygens (including phenoxy) is 1. The van der Waals surface area contributed by atoms with Gasteiger partial charge in [-0.25, -0.2) is 0 Å². The minimum atomic E-state index is -0.279. The van der Waals surface area contributed by atoms with Crippen LogP contribution in [0.2, 0.25) is 0 Å². The molecule has 8 heteroatoms. The second-order valence-electron chi connectivity index (χ2n) is 8.13. The standard InChI is InChI=1S/C25H26BrN3O4/c1-2-24(31)29-14-20(15-29)27-23(30)16-33-22-9-8-19(26)12-21(22)25(32)28-11-10-18(13-28)17-6-4-3-5-7-17/h3-10,12,20H,2,11,13-16H2,1H3,(H,27,30). The third kappa shape index (κ3) is 5.45. The van der Waals surface area contributed by atoms with Gasteiger partial charge in [0, 0.05) is 37.1 Å². The van der Waals surface area contributed by atoms with Gasteiger partial charge in [0.05, 0.1) is 11.6 Å². The summed E-state index contributed by atoms with van der Waals surface area (Å²) in [4.78, 5) is 40.7. The van der Waals surface area contributed by atoms with E-state index in [0.717, 1.165) is 15.6 Å². The lowest BCUT2D eigenvalue weighted by Crippen LogP contribution is -2.61. The molecular formula is C25H26BrN3O4. The summed E-state index contributed by atoms with van der Waals surface area (Å²) in [7, 11) is 0. The summed E-state index contributed by atoms with van der Waals surface area (Å²) in [5, 5.41) is 2.86. The van der Waals surface area contributed by atoms with E-state index in [9.17, 15) is 14.4 Å². The summed E-state index contributed by atoms with van der Waals surface area (Å²) in [6, 6.07) is 15.1. The molecule has 3 amide bonds. The van der Waals surface area contributed by atoms with Crippen LogP contribution in [0.25, 0.3) is 5.57 Å². The molecule has 0 aromatic heterocycles. The SMILES string of the molecule is CCC(=O)N1CC(NC(=O)COc2ccc(Br)cc2C(=O)N2CC=C(c3ccccc3)C2)C1. The van der Waals surface area contributed by atoms with E-state index in [1.54, 1.807) is 28.0 Å². The summed E-state index contributed by atoms with van der Waals surface area (Å²) < 4.78 is 6.49. The van der Waals surface area contributed by atoms with Crippen LogP contribution in [0.15, 0.2) is 59.1 Å². The van der Waals surface area contributed by atoms with Crippen LogP contribution in [0.3, 0.4) is 0 Å². The van der Waals surface area contributed by atoms with E-state index in [1.165, 1.54) is 0 Å². The largest absolute Gasteiger partial charge is 0.483 e. The van der Waals surface area contributed by atoms with Crippen LogP contribution in [0.5, 0.6) is 5.75 Å². The minimum absolute atomic E-state index is 0.0605. The van der Waals surface area contributed by atoms with Crippen LogP contribution < -0.4 is 10.1 Å². The molecule has 1 N–H and O–H groups in total. The van der Waals surface area contributed by atoms with Crippen LogP contribution in [0.1, 0.15) is 29.3 Å². The third-order valence-corrected chi connectivity index (χ3v) is 6.28. The van der Waals surface area contributed by atoms with Crippen molar-refractivity contribution in [3.63, 3.8) is 0 Å². The zero-order chi connectivity index (χ0) is 23.4. The molecule has 2 aliphatic heterocycles. The molecule has 4 rings (SSSR count). The van der Waals surface area contributed by atoms with Gasteiger partial charge in [-0.2, -0.15) is 0 Å². The second kappa shape index (κ2) is 10.2. The van der Waals surface area contributed by atoms with Gasteiger partial charge in [0.25, 0.3) is 11.8 Å². The number of hydrogen-bond donors (Lipinski definition) is 1. The average Bonchev–Trinajstić information content (AvgIpc) is 3.30. The quantitative estimate of drug-likeness (QED) is 0.619. The van der Waals surface area contributed by atoms with Crippen LogP contribution in [-0.2, 0) is 9.59 Å². The Labute approximate surface area is 201 Å². The minimum Gasteiger partial charge on any atom is -0.483 e. The average molecular weight is 512 g/mol. The van der Waals surface area contributed by atoms with Gasteiger partial charge >= 0.3 is 0 Å². The number of halogens is 1. The molecule has 0 radical (unpaired) electrons. The van der Waals surface area contributed by atoms with Gasteiger partial charge in [0.1, 0.15) is 5.75 Å². The molecule has 0 saturated carbocycles. The Morgan fingerprint density at radius 1 is 1.09 bits per heavy atom. The number of carbonyl (C=O) groups is 3. The molecule has 2 aliphatic rings. The highest BCUT2D eigenvalue weighted by Gasteiger charge is 2.31. The van der Waals surface area contributed by atoms with Crippen molar-refractivity contribution in [1.29, 1.82) is 0 Å². The molecule has 2 heterocycles. The molecule has 0 unspecified atom stereocenters. The Morgan fingerprint density at radius 3 is 2.58 bits per heavy atom. The topological polar surface area (TPSA) is 79.0 Å². The van der Waals surface area contributed by atoms with Gasteiger partial charge in [-0.15, -0.1) is 0 Å². The molecule has 0 bridgehead atoms. The van der Waals surface area contributed by atoms with E-state index in [4.69, 9.17) is 4.74 Å². The number of benzene rings is 2. The molecule has 1 saturated heterocycles. The molecular weight excluding hydrogens is 486 g/mol. The van der Waals surface area contributed by atoms with Crippen molar-refractivity contribution in [3.8, 4) is 5.75 Å². The maximum Gasteiger partial charge on any atom is 0.258 e. The monoisotopic (exact) mass is 511 g/mol. The lowest BCUT2D eigenvalue weighted by atomic mass is 10.1. The van der Waals surface area contributed by atoms with Gasteiger partial charge in [-0.1, -0.05) is 59.3 Å². The first-order chi connectivity index (χ1) is 15.9. The predicted octanol–water partition coefficient (Wildman–Crippen LogP) is 3.10. The summed E-state index contributed by atoms with van der Waals surface area (Å²) >= 11 is 3.42. The fourth-order valence-electron chi connectivity index (χ4n) is 3.95. The number of carbonyl (C=O) groups excluding carboxylic acids is 3. The van der Waals surface area contributed by atoms with Crippen LogP contribution in [0.4, 0.5) is 0 Å². The lowest BCUT2D eigenvalue weighted by molar-refractivity contribution is -0.138. The van der Waals surface area contributed by atoms with Crippen molar-refractivity contribution in [2.75, 3.05) is 32.8 Å². The molecule has 0 atom stereocenters. The first kappa shape index (κ1) is 23.0. The Kier molecular flexibility index (Phi) is 7.13. The Balaban J connectivity index is 1.34. The van der Waals surface area contributed by atoms with E-state index in [0.29, 0.717) is 43.9 Å². The van der Waals surface area contributed by atoms with E-state index < -0.39 is 0 Å². The maximum atomic E-state index is 13.3. The fraction of sp³-hybridized carbons (Fsp3) is 0.320. The van der Waals surface area contributed by atoms with E-state index in [1.807, 2.05) is 37.3 Å². The lowest BCUT2D eigenvalue weighted by Gasteiger charge is -2.39. The highest BCUT2D eigenvalue weighted by Crippen LogP contribution is 2.28. The van der Waals surface area contributed by atoms with E-state index in [2.05, 4.69) is 27.3 Å². The Morgan fingerprint density at radius 2 is 1.85 bits per heavy atom. The molecule has 2 aromatic carbocycles. The predicted molar refractivity (Wildman–Crippen MR) is 129 cm³/mol. The molecule has 33 heavy (non-hydrogen) atoms. The smallest absolute Gasteiger partial charge is 0.258 e. The first-order valence-electron chi connectivity index (χ1n) is 11.0. The van der Waals surface area contributed by atoms with Gasteiger partial charge in [0.2, 0.25) is 5.91 Å². The van der Waals surface area contributed by atoms with Crippen molar-refractivity contribution in [3.05, 3.63) is 70.2 Å². The normalized spacial score (nSPS) is 15.6. The Hall–Kier alpha value is -3.13. The van der Waals surface area contributed by atoms with E-state index >= 15 is 0 Å². The highest BCUT2D eigenvalue weighted by atomic mass is 79.9. The highest BCUT2D eigenvalue weighted by molar-refractivity contribution is 9.10. The fourth-order valence-corrected chi connectivity index (χ4v) is 4.31. The number of nitrogens with zero attached hydrogens (tertiary/aromatic N) is 2. The van der Waals surface area contributed by atoms with Crippen LogP contribution in [0, 0.1) is 0 Å². The van der Waals surface area contributed by atoms with Crippen molar-refractivity contribution in [1.82, 2.24) is 15.1 Å². The van der Waals surface area contributed by atoms with E-state index in [-0.39, 0.29) is 30.4 Å².